The van der Waals surface area contributed by atoms with E-state index in [4.69, 9.17) is 17.3 Å². The van der Waals surface area contributed by atoms with Gasteiger partial charge in [0.1, 0.15) is 6.04 Å². The van der Waals surface area contributed by atoms with Crippen LogP contribution in [-0.4, -0.2) is 96.0 Å². The predicted octanol–water partition coefficient (Wildman–Crippen LogP) is 5.01. The summed E-state index contributed by atoms with van der Waals surface area (Å²) in [5.41, 5.74) is 10.4. The molecule has 0 bridgehead atoms. The summed E-state index contributed by atoms with van der Waals surface area (Å²) in [6.45, 7) is 7.28. The molecule has 3 saturated heterocycles. The van der Waals surface area contributed by atoms with Crippen molar-refractivity contribution in [2.75, 3.05) is 57.4 Å². The summed E-state index contributed by atoms with van der Waals surface area (Å²) in [5.74, 6) is 1.35. The van der Waals surface area contributed by atoms with E-state index < -0.39 is 6.04 Å². The standard InChI is InChI=1S/C33H46ClN7O3S/c1-21-15-22(16-27(34)30(21)35)17-28(31(42)39-11-5-24(6-12-39)23-3-9-38(2)10-4-23)36-32(43)40-13-7-26(8-14-40)41-18-25-19-45-20-29(25)37-33(41)44/h15-16,19-20,23-24,26,28H,3-14,17-18,35H2,1-2H3,(H,36,43)(H,37,44)/t28-/m1/s1. The Balaban J connectivity index is 1.09. The number of rotatable bonds is 6. The molecule has 12 heteroatoms. The van der Waals surface area contributed by atoms with Gasteiger partial charge in [0.05, 0.1) is 22.9 Å². The van der Waals surface area contributed by atoms with Gasteiger partial charge in [-0.2, -0.15) is 0 Å². The van der Waals surface area contributed by atoms with E-state index in [-0.39, 0.29) is 24.0 Å². The third kappa shape index (κ3) is 7.20. The molecule has 4 N–H and O–H groups in total. The minimum atomic E-state index is -0.709. The molecule has 0 saturated carbocycles. The van der Waals surface area contributed by atoms with Crippen LogP contribution in [0, 0.1) is 18.8 Å². The molecular formula is C33H46ClN7O3S. The van der Waals surface area contributed by atoms with Crippen LogP contribution in [-0.2, 0) is 17.8 Å². The summed E-state index contributed by atoms with van der Waals surface area (Å²) in [6.07, 6.45) is 6.22. The molecule has 5 heterocycles. The average Bonchev–Trinajstić information content (AvgIpc) is 3.50. The lowest BCUT2D eigenvalue weighted by atomic mass is 9.79. The van der Waals surface area contributed by atoms with Gasteiger partial charge in [0, 0.05) is 49.6 Å². The first-order valence-electron chi connectivity index (χ1n) is 16.4. The Morgan fingerprint density at radius 1 is 1.00 bits per heavy atom. The van der Waals surface area contributed by atoms with Crippen LogP contribution in [0.15, 0.2) is 22.9 Å². The lowest BCUT2D eigenvalue weighted by Gasteiger charge is -2.41. The highest BCUT2D eigenvalue weighted by Crippen LogP contribution is 2.33. The van der Waals surface area contributed by atoms with Crippen LogP contribution in [0.25, 0.3) is 0 Å². The molecule has 2 aromatic rings. The molecule has 4 aliphatic heterocycles. The van der Waals surface area contributed by atoms with Crippen molar-refractivity contribution in [3.63, 3.8) is 0 Å². The first-order chi connectivity index (χ1) is 21.7. The maximum Gasteiger partial charge on any atom is 0.322 e. The Morgan fingerprint density at radius 2 is 1.64 bits per heavy atom. The van der Waals surface area contributed by atoms with Gasteiger partial charge >= 0.3 is 12.1 Å². The van der Waals surface area contributed by atoms with Crippen LogP contribution in [0.5, 0.6) is 0 Å². The monoisotopic (exact) mass is 655 g/mol. The van der Waals surface area contributed by atoms with Gasteiger partial charge in [-0.15, -0.1) is 11.3 Å². The minimum absolute atomic E-state index is 0.0396. The molecule has 5 amide bonds. The lowest BCUT2D eigenvalue weighted by Crippen LogP contribution is -2.57. The first kappa shape index (κ1) is 31.9. The SMILES string of the molecule is Cc1cc(C[C@@H](NC(=O)N2CCC(N3Cc4cscc4NC3=O)CC2)C(=O)N2CCC(C3CCN(C)CC3)CC2)cc(Cl)c1N. The molecular weight excluding hydrogens is 610 g/mol. The van der Waals surface area contributed by atoms with Crippen molar-refractivity contribution in [3.8, 4) is 0 Å². The number of benzene rings is 1. The summed E-state index contributed by atoms with van der Waals surface area (Å²) in [7, 11) is 2.19. The molecule has 0 radical (unpaired) electrons. The molecule has 45 heavy (non-hydrogen) atoms. The van der Waals surface area contributed by atoms with E-state index in [0.717, 1.165) is 67.3 Å². The normalized spacial score (nSPS) is 21.4. The van der Waals surface area contributed by atoms with Gasteiger partial charge in [-0.05, 0) is 100.0 Å². The van der Waals surface area contributed by atoms with E-state index in [2.05, 4.69) is 28.0 Å². The second-order valence-corrected chi connectivity index (χ2v) is 14.6. The average molecular weight is 656 g/mol. The zero-order chi connectivity index (χ0) is 31.7. The predicted molar refractivity (Wildman–Crippen MR) is 180 cm³/mol. The van der Waals surface area contributed by atoms with E-state index in [1.807, 2.05) is 28.2 Å². The molecule has 0 aliphatic carbocycles. The van der Waals surface area contributed by atoms with Gasteiger partial charge in [0.2, 0.25) is 5.91 Å². The van der Waals surface area contributed by atoms with Crippen molar-refractivity contribution in [3.05, 3.63) is 44.6 Å². The van der Waals surface area contributed by atoms with Gasteiger partial charge in [0.15, 0.2) is 0 Å². The number of likely N-dealkylation sites (tertiary alicyclic amines) is 3. The maximum atomic E-state index is 14.0. The Morgan fingerprint density at radius 3 is 2.31 bits per heavy atom. The number of nitrogens with zero attached hydrogens (tertiary/aromatic N) is 4. The fraction of sp³-hybridized carbons (Fsp3) is 0.606. The molecule has 244 valence electrons. The molecule has 6 rings (SSSR count). The number of carbonyl (C=O) groups is 3. The number of fused-ring (bicyclic) bond motifs is 1. The zero-order valence-electron chi connectivity index (χ0n) is 26.4. The summed E-state index contributed by atoms with van der Waals surface area (Å²) in [5, 5.41) is 10.6. The maximum absolute atomic E-state index is 14.0. The van der Waals surface area contributed by atoms with Crippen LogP contribution in [0.1, 0.15) is 55.2 Å². The van der Waals surface area contributed by atoms with Gasteiger partial charge < -0.3 is 36.0 Å². The van der Waals surface area contributed by atoms with E-state index in [1.165, 1.54) is 12.8 Å². The number of nitrogens with two attached hydrogens (primary N) is 1. The number of piperidine rings is 3. The molecule has 0 spiro atoms. The van der Waals surface area contributed by atoms with E-state index in [9.17, 15) is 14.4 Å². The smallest absolute Gasteiger partial charge is 0.322 e. The number of nitrogens with one attached hydrogen (secondary N) is 2. The van der Waals surface area contributed by atoms with Crippen LogP contribution in [0.4, 0.5) is 21.0 Å². The number of hydrogen-bond donors (Lipinski definition) is 3. The molecule has 3 fully saturated rings. The fourth-order valence-corrected chi connectivity index (χ4v) is 8.67. The topological polar surface area (TPSA) is 114 Å². The summed E-state index contributed by atoms with van der Waals surface area (Å²) < 4.78 is 0. The second kappa shape index (κ2) is 13.8. The van der Waals surface area contributed by atoms with Gasteiger partial charge in [-0.1, -0.05) is 17.7 Å². The minimum Gasteiger partial charge on any atom is -0.397 e. The first-order valence-corrected chi connectivity index (χ1v) is 17.7. The quantitative estimate of drug-likeness (QED) is 0.379. The number of nitrogen functional groups attached to an aromatic ring is 1. The van der Waals surface area contributed by atoms with E-state index >= 15 is 0 Å². The number of carbonyl (C=O) groups excluding carboxylic acids is 3. The van der Waals surface area contributed by atoms with Crippen molar-refractivity contribution < 1.29 is 14.4 Å². The molecule has 10 nitrogen and oxygen atoms in total. The van der Waals surface area contributed by atoms with Crippen LogP contribution in [0.2, 0.25) is 5.02 Å². The molecule has 1 atom stereocenters. The van der Waals surface area contributed by atoms with Crippen molar-refractivity contribution in [2.45, 2.75) is 70.5 Å². The number of halogens is 1. The zero-order valence-corrected chi connectivity index (χ0v) is 28.0. The van der Waals surface area contributed by atoms with Crippen LogP contribution < -0.4 is 16.4 Å². The summed E-state index contributed by atoms with van der Waals surface area (Å²) >= 11 is 8.00. The largest absolute Gasteiger partial charge is 0.397 e. The Labute approximate surface area is 275 Å². The van der Waals surface area contributed by atoms with Gasteiger partial charge in [-0.3, -0.25) is 4.79 Å². The van der Waals surface area contributed by atoms with Crippen LogP contribution in [0.3, 0.4) is 0 Å². The van der Waals surface area contributed by atoms with Crippen molar-refractivity contribution in [2.24, 2.45) is 11.8 Å². The second-order valence-electron chi connectivity index (χ2n) is 13.4. The fourth-order valence-electron chi connectivity index (χ4n) is 7.61. The number of aryl methyl sites for hydroxylation is 1. The number of thiophene rings is 1. The van der Waals surface area contributed by atoms with Gasteiger partial charge in [-0.25, -0.2) is 9.59 Å². The van der Waals surface area contributed by atoms with Crippen LogP contribution >= 0.6 is 22.9 Å². The number of urea groups is 2. The summed E-state index contributed by atoms with van der Waals surface area (Å²) in [6, 6.07) is 2.79. The Kier molecular flexibility index (Phi) is 9.77. The number of amides is 5. The Hall–Kier alpha value is -3.02. The van der Waals surface area contributed by atoms with E-state index in [0.29, 0.717) is 55.5 Å². The summed E-state index contributed by atoms with van der Waals surface area (Å²) in [4.78, 5) is 48.5. The number of anilines is 2. The highest BCUT2D eigenvalue weighted by atomic mass is 35.5. The molecule has 1 aromatic carbocycles. The van der Waals surface area contributed by atoms with Crippen molar-refractivity contribution >= 4 is 52.3 Å². The highest BCUT2D eigenvalue weighted by Gasteiger charge is 2.36. The molecule has 1 aromatic heterocycles. The van der Waals surface area contributed by atoms with E-state index in [1.54, 1.807) is 22.3 Å². The molecule has 4 aliphatic rings. The third-order valence-corrected chi connectivity index (χ3v) is 11.6. The molecule has 0 unspecified atom stereocenters. The third-order valence-electron chi connectivity index (χ3n) is 10.5. The van der Waals surface area contributed by atoms with Crippen molar-refractivity contribution in [1.82, 2.24) is 24.9 Å². The lowest BCUT2D eigenvalue weighted by molar-refractivity contribution is -0.135. The Bertz CT molecular complexity index is 1370. The number of hydrogen-bond acceptors (Lipinski definition) is 6. The highest BCUT2D eigenvalue weighted by molar-refractivity contribution is 7.08. The van der Waals surface area contributed by atoms with Crippen molar-refractivity contribution in [1.29, 1.82) is 0 Å². The van der Waals surface area contributed by atoms with Gasteiger partial charge in [0.25, 0.3) is 0 Å².